The Balaban J connectivity index is 2.12. The van der Waals surface area contributed by atoms with Crippen LogP contribution in [-0.4, -0.2) is 4.92 Å². The van der Waals surface area contributed by atoms with E-state index in [4.69, 9.17) is 0 Å². The van der Waals surface area contributed by atoms with Crippen LogP contribution in [0.4, 0.5) is 15.8 Å². The number of nitro benzene ring substituents is 1. The summed E-state index contributed by atoms with van der Waals surface area (Å²) in [4.78, 5) is 10.1. The molecule has 0 aliphatic carbocycles. The van der Waals surface area contributed by atoms with Gasteiger partial charge in [-0.05, 0) is 28.1 Å². The summed E-state index contributed by atoms with van der Waals surface area (Å²) in [5.41, 5.74) is 1.21. The monoisotopic (exact) mass is 324 g/mol. The minimum Gasteiger partial charge on any atom is -0.380 e. The SMILES string of the molecule is O=[N+]([O-])c1ccc(NCc2ccccc2F)c(Br)c1. The van der Waals surface area contributed by atoms with Gasteiger partial charge in [0.2, 0.25) is 0 Å². The maximum Gasteiger partial charge on any atom is 0.270 e. The Bertz CT molecular complexity index is 619. The first kappa shape index (κ1) is 13.5. The van der Waals surface area contributed by atoms with Crippen molar-refractivity contribution in [1.82, 2.24) is 0 Å². The lowest BCUT2D eigenvalue weighted by Crippen LogP contribution is -2.02. The van der Waals surface area contributed by atoms with E-state index in [2.05, 4.69) is 21.2 Å². The zero-order chi connectivity index (χ0) is 13.8. The number of anilines is 1. The third-order valence-corrected chi connectivity index (χ3v) is 3.25. The molecule has 0 amide bonds. The molecule has 0 aliphatic heterocycles. The van der Waals surface area contributed by atoms with Gasteiger partial charge in [-0.1, -0.05) is 18.2 Å². The van der Waals surface area contributed by atoms with Gasteiger partial charge in [-0.15, -0.1) is 0 Å². The molecule has 0 aromatic heterocycles. The van der Waals surface area contributed by atoms with Crippen LogP contribution in [0.15, 0.2) is 46.9 Å². The Hall–Kier alpha value is -1.95. The molecule has 0 spiro atoms. The maximum absolute atomic E-state index is 13.4. The third-order valence-electron chi connectivity index (χ3n) is 2.59. The molecule has 0 atom stereocenters. The van der Waals surface area contributed by atoms with Crippen LogP contribution in [0.2, 0.25) is 0 Å². The Morgan fingerprint density at radius 1 is 1.26 bits per heavy atom. The van der Waals surface area contributed by atoms with Crippen molar-refractivity contribution < 1.29 is 9.31 Å². The average molecular weight is 325 g/mol. The molecule has 0 saturated carbocycles. The predicted octanol–water partition coefficient (Wildman–Crippen LogP) is 4.11. The first-order chi connectivity index (χ1) is 9.08. The van der Waals surface area contributed by atoms with Gasteiger partial charge in [0, 0.05) is 34.4 Å². The van der Waals surface area contributed by atoms with Crippen LogP contribution in [0.5, 0.6) is 0 Å². The second-order valence-electron chi connectivity index (χ2n) is 3.87. The van der Waals surface area contributed by atoms with Crippen molar-refractivity contribution in [3.63, 3.8) is 0 Å². The summed E-state index contributed by atoms with van der Waals surface area (Å²) in [6.45, 7) is 0.309. The molecule has 4 nitrogen and oxygen atoms in total. The van der Waals surface area contributed by atoms with Crippen LogP contribution >= 0.6 is 15.9 Å². The van der Waals surface area contributed by atoms with Gasteiger partial charge in [-0.25, -0.2) is 4.39 Å². The van der Waals surface area contributed by atoms with E-state index < -0.39 is 4.92 Å². The molecule has 2 aromatic rings. The van der Waals surface area contributed by atoms with Crippen molar-refractivity contribution in [3.8, 4) is 0 Å². The topological polar surface area (TPSA) is 55.2 Å². The molecule has 0 bridgehead atoms. The highest BCUT2D eigenvalue weighted by molar-refractivity contribution is 9.10. The minimum absolute atomic E-state index is 0.00307. The number of rotatable bonds is 4. The highest BCUT2D eigenvalue weighted by Crippen LogP contribution is 2.27. The second kappa shape index (κ2) is 5.79. The Morgan fingerprint density at radius 3 is 2.63 bits per heavy atom. The molecule has 0 heterocycles. The van der Waals surface area contributed by atoms with Crippen molar-refractivity contribution in [2.75, 3.05) is 5.32 Å². The van der Waals surface area contributed by atoms with E-state index in [0.29, 0.717) is 22.3 Å². The summed E-state index contributed by atoms with van der Waals surface area (Å²) in [6.07, 6.45) is 0. The molecule has 0 saturated heterocycles. The van der Waals surface area contributed by atoms with Crippen molar-refractivity contribution in [2.24, 2.45) is 0 Å². The van der Waals surface area contributed by atoms with Crippen LogP contribution < -0.4 is 5.32 Å². The Kier molecular flexibility index (Phi) is 4.11. The molecule has 0 unspecified atom stereocenters. The smallest absolute Gasteiger partial charge is 0.270 e. The molecule has 0 aliphatic rings. The molecule has 0 fully saturated rings. The van der Waals surface area contributed by atoms with Crippen LogP contribution in [0.3, 0.4) is 0 Å². The van der Waals surface area contributed by atoms with Crippen LogP contribution in [0.1, 0.15) is 5.56 Å². The summed E-state index contributed by atoms with van der Waals surface area (Å²) in [6, 6.07) is 10.8. The first-order valence-corrected chi connectivity index (χ1v) is 6.28. The van der Waals surface area contributed by atoms with E-state index >= 15 is 0 Å². The lowest BCUT2D eigenvalue weighted by Gasteiger charge is -2.09. The quantitative estimate of drug-likeness (QED) is 0.680. The molecule has 2 aromatic carbocycles. The summed E-state index contributed by atoms with van der Waals surface area (Å²) in [7, 11) is 0. The van der Waals surface area contributed by atoms with Gasteiger partial charge >= 0.3 is 0 Å². The molecule has 98 valence electrons. The van der Waals surface area contributed by atoms with Gasteiger partial charge in [-0.3, -0.25) is 10.1 Å². The van der Waals surface area contributed by atoms with Crippen LogP contribution in [0.25, 0.3) is 0 Å². The van der Waals surface area contributed by atoms with Crippen LogP contribution in [0, 0.1) is 15.9 Å². The number of non-ortho nitro benzene ring substituents is 1. The normalized spacial score (nSPS) is 10.2. The molecule has 2 rings (SSSR count). The number of benzene rings is 2. The van der Waals surface area contributed by atoms with E-state index in [9.17, 15) is 14.5 Å². The molecular formula is C13H10BrFN2O2. The van der Waals surface area contributed by atoms with Gasteiger partial charge in [0.1, 0.15) is 5.82 Å². The zero-order valence-corrected chi connectivity index (χ0v) is 11.4. The lowest BCUT2D eigenvalue weighted by atomic mass is 10.2. The summed E-state index contributed by atoms with van der Waals surface area (Å²) >= 11 is 3.25. The number of nitro groups is 1. The molecular weight excluding hydrogens is 315 g/mol. The number of nitrogens with zero attached hydrogens (tertiary/aromatic N) is 1. The number of hydrogen-bond donors (Lipinski definition) is 1. The zero-order valence-electron chi connectivity index (χ0n) is 9.77. The van der Waals surface area contributed by atoms with Crippen molar-refractivity contribution in [2.45, 2.75) is 6.54 Å². The maximum atomic E-state index is 13.4. The van der Waals surface area contributed by atoms with Crippen molar-refractivity contribution in [3.05, 3.63) is 68.4 Å². The van der Waals surface area contributed by atoms with Gasteiger partial charge in [0.15, 0.2) is 0 Å². The van der Waals surface area contributed by atoms with Gasteiger partial charge < -0.3 is 5.32 Å². The van der Waals surface area contributed by atoms with Gasteiger partial charge in [0.05, 0.1) is 4.92 Å². The summed E-state index contributed by atoms with van der Waals surface area (Å²) in [5, 5.41) is 13.6. The second-order valence-corrected chi connectivity index (χ2v) is 4.72. The number of nitrogens with one attached hydrogen (secondary N) is 1. The Labute approximate surface area is 117 Å². The first-order valence-electron chi connectivity index (χ1n) is 5.49. The predicted molar refractivity (Wildman–Crippen MR) is 74.5 cm³/mol. The highest BCUT2D eigenvalue weighted by atomic mass is 79.9. The van der Waals surface area contributed by atoms with E-state index in [1.165, 1.54) is 18.2 Å². The molecule has 0 radical (unpaired) electrons. The fraction of sp³-hybridized carbons (Fsp3) is 0.0769. The van der Waals surface area contributed by atoms with Crippen molar-refractivity contribution in [1.29, 1.82) is 0 Å². The standard InChI is InChI=1S/C13H10BrFN2O2/c14-11-7-10(17(18)19)5-6-13(11)16-8-9-3-1-2-4-12(9)15/h1-7,16H,8H2. The summed E-state index contributed by atoms with van der Waals surface area (Å²) in [5.74, 6) is -0.284. The van der Waals surface area contributed by atoms with Crippen LogP contribution in [-0.2, 0) is 6.54 Å². The van der Waals surface area contributed by atoms with E-state index in [-0.39, 0.29) is 11.5 Å². The van der Waals surface area contributed by atoms with E-state index in [0.717, 1.165) is 0 Å². The van der Waals surface area contributed by atoms with E-state index in [1.807, 2.05) is 0 Å². The lowest BCUT2D eigenvalue weighted by molar-refractivity contribution is -0.384. The fourth-order valence-electron chi connectivity index (χ4n) is 1.59. The third kappa shape index (κ3) is 3.29. The molecule has 19 heavy (non-hydrogen) atoms. The largest absolute Gasteiger partial charge is 0.380 e. The molecule has 6 heteroatoms. The highest BCUT2D eigenvalue weighted by Gasteiger charge is 2.09. The number of halogens is 2. The molecule has 1 N–H and O–H groups in total. The van der Waals surface area contributed by atoms with E-state index in [1.54, 1.807) is 24.3 Å². The summed E-state index contributed by atoms with van der Waals surface area (Å²) < 4.78 is 14.0. The van der Waals surface area contributed by atoms with Crippen molar-refractivity contribution >= 4 is 27.3 Å². The van der Waals surface area contributed by atoms with Gasteiger partial charge in [-0.2, -0.15) is 0 Å². The fourth-order valence-corrected chi connectivity index (χ4v) is 2.10. The Morgan fingerprint density at radius 2 is 2.00 bits per heavy atom. The number of hydrogen-bond acceptors (Lipinski definition) is 3. The minimum atomic E-state index is -0.467. The average Bonchev–Trinajstić information content (AvgIpc) is 2.39. The van der Waals surface area contributed by atoms with Gasteiger partial charge in [0.25, 0.3) is 5.69 Å².